The van der Waals surface area contributed by atoms with Crippen LogP contribution in [0.1, 0.15) is 18.1 Å². The third-order valence-electron chi connectivity index (χ3n) is 2.26. The van der Waals surface area contributed by atoms with E-state index in [-0.39, 0.29) is 0 Å². The summed E-state index contributed by atoms with van der Waals surface area (Å²) in [6.45, 7) is 4.22. The molecule has 4 heteroatoms. The van der Waals surface area contributed by atoms with Gasteiger partial charge in [0.2, 0.25) is 0 Å². The van der Waals surface area contributed by atoms with Gasteiger partial charge in [-0.05, 0) is 37.8 Å². The van der Waals surface area contributed by atoms with Crippen molar-refractivity contribution in [3.05, 3.63) is 29.3 Å². The van der Waals surface area contributed by atoms with Gasteiger partial charge < -0.3 is 11.1 Å². The number of benzene rings is 1. The van der Waals surface area contributed by atoms with Crippen LogP contribution in [0.4, 0.5) is 5.69 Å². The quantitative estimate of drug-likeness (QED) is 0.793. The highest BCUT2D eigenvalue weighted by molar-refractivity contribution is 7.98. The molecular formula is C12H18N2S2. The van der Waals surface area contributed by atoms with Crippen molar-refractivity contribution in [3.63, 3.8) is 0 Å². The van der Waals surface area contributed by atoms with Crippen LogP contribution in [-0.4, -0.2) is 23.0 Å². The number of rotatable bonds is 5. The predicted molar refractivity (Wildman–Crippen MR) is 78.5 cm³/mol. The largest absolute Gasteiger partial charge is 0.389 e. The fourth-order valence-corrected chi connectivity index (χ4v) is 2.31. The minimum atomic E-state index is 0.407. The number of hydrogen-bond donors (Lipinski definition) is 2. The van der Waals surface area contributed by atoms with E-state index < -0.39 is 0 Å². The summed E-state index contributed by atoms with van der Waals surface area (Å²) in [5.74, 6) is 1.06. The number of nitrogens with two attached hydrogens (primary N) is 1. The van der Waals surface area contributed by atoms with Gasteiger partial charge in [-0.25, -0.2) is 0 Å². The van der Waals surface area contributed by atoms with E-state index in [4.69, 9.17) is 18.0 Å². The third kappa shape index (κ3) is 3.68. The Kier molecular flexibility index (Phi) is 5.09. The number of thioether (sulfide) groups is 1. The summed E-state index contributed by atoms with van der Waals surface area (Å²) >= 11 is 6.86. The van der Waals surface area contributed by atoms with Crippen molar-refractivity contribution >= 4 is 34.7 Å². The van der Waals surface area contributed by atoms with Gasteiger partial charge in [-0.1, -0.05) is 18.3 Å². The molecule has 0 aliphatic carbocycles. The number of hydrogen-bond acceptors (Lipinski definition) is 3. The normalized spacial score (nSPS) is 12.2. The molecular weight excluding hydrogens is 236 g/mol. The van der Waals surface area contributed by atoms with Crippen molar-refractivity contribution in [2.75, 3.05) is 17.3 Å². The summed E-state index contributed by atoms with van der Waals surface area (Å²) < 4.78 is 0. The molecule has 0 radical (unpaired) electrons. The first kappa shape index (κ1) is 13.3. The Hall–Kier alpha value is -0.740. The van der Waals surface area contributed by atoms with E-state index in [0.29, 0.717) is 11.0 Å². The predicted octanol–water partition coefficient (Wildman–Crippen LogP) is 2.79. The third-order valence-corrected chi connectivity index (χ3v) is 3.31. The second kappa shape index (κ2) is 6.11. The van der Waals surface area contributed by atoms with Gasteiger partial charge in [0, 0.05) is 23.0 Å². The van der Waals surface area contributed by atoms with Crippen LogP contribution < -0.4 is 11.1 Å². The number of anilines is 1. The number of aryl methyl sites for hydroxylation is 1. The maximum atomic E-state index is 5.70. The second-order valence-corrected chi connectivity index (χ2v) is 5.26. The van der Waals surface area contributed by atoms with Gasteiger partial charge in [0.25, 0.3) is 0 Å². The van der Waals surface area contributed by atoms with Crippen molar-refractivity contribution in [2.24, 2.45) is 5.73 Å². The fraction of sp³-hybridized carbons (Fsp3) is 0.417. The van der Waals surface area contributed by atoms with Crippen LogP contribution in [0, 0.1) is 6.92 Å². The highest BCUT2D eigenvalue weighted by Crippen LogP contribution is 2.19. The molecule has 2 nitrogen and oxygen atoms in total. The fourth-order valence-electron chi connectivity index (χ4n) is 1.55. The minimum Gasteiger partial charge on any atom is -0.389 e. The molecule has 0 saturated heterocycles. The molecule has 88 valence electrons. The van der Waals surface area contributed by atoms with E-state index in [2.05, 4.69) is 31.5 Å². The lowest BCUT2D eigenvalue weighted by molar-refractivity contribution is 0.913. The first-order valence-electron chi connectivity index (χ1n) is 5.20. The maximum absolute atomic E-state index is 5.70. The van der Waals surface area contributed by atoms with Gasteiger partial charge in [-0.3, -0.25) is 0 Å². The van der Waals surface area contributed by atoms with Crippen LogP contribution in [0.2, 0.25) is 0 Å². The van der Waals surface area contributed by atoms with E-state index in [1.54, 1.807) is 0 Å². The lowest BCUT2D eigenvalue weighted by Gasteiger charge is -2.17. The van der Waals surface area contributed by atoms with Crippen molar-refractivity contribution in [1.29, 1.82) is 0 Å². The molecule has 3 N–H and O–H groups in total. The van der Waals surface area contributed by atoms with E-state index in [1.165, 1.54) is 5.56 Å². The highest BCUT2D eigenvalue weighted by atomic mass is 32.2. The molecule has 0 amide bonds. The number of nitrogens with one attached hydrogen (secondary N) is 1. The maximum Gasteiger partial charge on any atom is 0.106 e. The molecule has 0 bridgehead atoms. The first-order chi connectivity index (χ1) is 7.54. The SMILES string of the molecule is CSCC(C)Nc1cc(C)ccc1C(N)=S. The molecule has 1 aromatic carbocycles. The average molecular weight is 254 g/mol. The van der Waals surface area contributed by atoms with Gasteiger partial charge in [0.05, 0.1) is 0 Å². The highest BCUT2D eigenvalue weighted by Gasteiger charge is 2.08. The summed E-state index contributed by atoms with van der Waals surface area (Å²) in [6, 6.07) is 6.50. The molecule has 0 heterocycles. The molecule has 1 unspecified atom stereocenters. The molecule has 0 fully saturated rings. The zero-order chi connectivity index (χ0) is 12.1. The van der Waals surface area contributed by atoms with Crippen LogP contribution >= 0.6 is 24.0 Å². The van der Waals surface area contributed by atoms with Gasteiger partial charge >= 0.3 is 0 Å². The summed E-state index contributed by atoms with van der Waals surface area (Å²) in [5.41, 5.74) is 8.87. The van der Waals surface area contributed by atoms with Crippen molar-refractivity contribution in [2.45, 2.75) is 19.9 Å². The zero-order valence-corrected chi connectivity index (χ0v) is 11.5. The molecule has 0 aromatic heterocycles. The van der Waals surface area contributed by atoms with Crippen LogP contribution in [0.15, 0.2) is 18.2 Å². The van der Waals surface area contributed by atoms with Crippen molar-refractivity contribution in [1.82, 2.24) is 0 Å². The molecule has 0 spiro atoms. The van der Waals surface area contributed by atoms with E-state index in [1.807, 2.05) is 23.9 Å². The van der Waals surface area contributed by atoms with Crippen LogP contribution in [0.5, 0.6) is 0 Å². The van der Waals surface area contributed by atoms with Crippen molar-refractivity contribution in [3.8, 4) is 0 Å². The van der Waals surface area contributed by atoms with E-state index in [9.17, 15) is 0 Å². The Morgan fingerprint density at radius 2 is 2.25 bits per heavy atom. The molecule has 1 atom stereocenters. The lowest BCUT2D eigenvalue weighted by atomic mass is 10.1. The monoisotopic (exact) mass is 254 g/mol. The Labute approximate surface area is 107 Å². The standard InChI is InChI=1S/C12H18N2S2/c1-8-4-5-10(12(13)15)11(6-8)14-9(2)7-16-3/h4-6,9,14H,7H2,1-3H3,(H2,13,15). The molecule has 1 aromatic rings. The first-order valence-corrected chi connectivity index (χ1v) is 7.00. The van der Waals surface area contributed by atoms with Crippen LogP contribution in [0.25, 0.3) is 0 Å². The average Bonchev–Trinajstić information content (AvgIpc) is 2.17. The Balaban J connectivity index is 2.92. The van der Waals surface area contributed by atoms with Crippen LogP contribution in [0.3, 0.4) is 0 Å². The summed E-state index contributed by atoms with van der Waals surface area (Å²) in [5, 5.41) is 3.45. The van der Waals surface area contributed by atoms with Gasteiger partial charge in [-0.15, -0.1) is 0 Å². The molecule has 1 rings (SSSR count). The Bertz CT molecular complexity index is 377. The minimum absolute atomic E-state index is 0.407. The van der Waals surface area contributed by atoms with Crippen LogP contribution in [-0.2, 0) is 0 Å². The smallest absolute Gasteiger partial charge is 0.106 e. The van der Waals surface area contributed by atoms with Gasteiger partial charge in [0.15, 0.2) is 0 Å². The topological polar surface area (TPSA) is 38.0 Å². The molecule has 0 aliphatic rings. The second-order valence-electron chi connectivity index (χ2n) is 3.91. The van der Waals surface area contributed by atoms with Gasteiger partial charge in [0.1, 0.15) is 4.99 Å². The number of thiocarbonyl (C=S) groups is 1. The van der Waals surface area contributed by atoms with E-state index >= 15 is 0 Å². The summed E-state index contributed by atoms with van der Waals surface area (Å²) in [6.07, 6.45) is 2.10. The molecule has 0 aliphatic heterocycles. The summed E-state index contributed by atoms with van der Waals surface area (Å²) in [7, 11) is 0. The Morgan fingerprint density at radius 1 is 1.56 bits per heavy atom. The zero-order valence-electron chi connectivity index (χ0n) is 9.91. The Morgan fingerprint density at radius 3 is 2.81 bits per heavy atom. The lowest BCUT2D eigenvalue weighted by Crippen LogP contribution is -2.21. The summed E-state index contributed by atoms with van der Waals surface area (Å²) in [4.78, 5) is 0.443. The van der Waals surface area contributed by atoms with E-state index in [0.717, 1.165) is 17.0 Å². The van der Waals surface area contributed by atoms with Crippen molar-refractivity contribution < 1.29 is 0 Å². The molecule has 16 heavy (non-hydrogen) atoms. The van der Waals surface area contributed by atoms with Gasteiger partial charge in [-0.2, -0.15) is 11.8 Å². The molecule has 0 saturated carbocycles.